The van der Waals surface area contributed by atoms with Crippen molar-refractivity contribution < 1.29 is 0 Å². The molecule has 0 atom stereocenters. The zero-order valence-corrected chi connectivity index (χ0v) is 9.31. The average Bonchev–Trinajstić information content (AvgIpc) is 2.62. The maximum absolute atomic E-state index is 4.24. The summed E-state index contributed by atoms with van der Waals surface area (Å²) in [6.45, 7) is 0. The van der Waals surface area contributed by atoms with Gasteiger partial charge in [0.15, 0.2) is 0 Å². The van der Waals surface area contributed by atoms with Crippen molar-refractivity contribution in [3.8, 4) is 0 Å². The van der Waals surface area contributed by atoms with Crippen molar-refractivity contribution in [2.24, 2.45) is 0 Å². The van der Waals surface area contributed by atoms with E-state index in [0.29, 0.717) is 0 Å². The van der Waals surface area contributed by atoms with Gasteiger partial charge in [0.2, 0.25) is 0 Å². The Kier molecular flexibility index (Phi) is 2.76. The van der Waals surface area contributed by atoms with Crippen molar-refractivity contribution in [1.82, 2.24) is 4.98 Å². The molecule has 0 amide bonds. The molecular formula is C10H8BrNS. The highest BCUT2D eigenvalue weighted by molar-refractivity contribution is 9.10. The molecule has 0 radical (unpaired) electrons. The number of hydrogen-bond acceptors (Lipinski definition) is 2. The Labute approximate surface area is 89.6 Å². The van der Waals surface area contributed by atoms with E-state index in [0.717, 1.165) is 16.6 Å². The van der Waals surface area contributed by atoms with Crippen LogP contribution in [0.4, 0.5) is 0 Å². The topological polar surface area (TPSA) is 12.9 Å². The molecule has 0 spiro atoms. The predicted octanol–water partition coefficient (Wildman–Crippen LogP) is 3.50. The highest BCUT2D eigenvalue weighted by atomic mass is 79.9. The summed E-state index contributed by atoms with van der Waals surface area (Å²) in [7, 11) is 0. The molecule has 0 aliphatic carbocycles. The Morgan fingerprint density at radius 1 is 1.23 bits per heavy atom. The van der Waals surface area contributed by atoms with E-state index < -0.39 is 0 Å². The largest absolute Gasteiger partial charge is 0.249 e. The lowest BCUT2D eigenvalue weighted by atomic mass is 10.1. The molecule has 1 nitrogen and oxygen atoms in total. The van der Waals surface area contributed by atoms with Gasteiger partial charge in [-0.1, -0.05) is 28.1 Å². The first-order valence-electron chi connectivity index (χ1n) is 3.96. The number of nitrogens with zero attached hydrogens (tertiary/aromatic N) is 1. The molecular weight excluding hydrogens is 246 g/mol. The third kappa shape index (κ3) is 2.39. The molecule has 3 heteroatoms. The van der Waals surface area contributed by atoms with Crippen LogP contribution in [-0.2, 0) is 6.42 Å². The van der Waals surface area contributed by atoms with Gasteiger partial charge in [-0.05, 0) is 17.7 Å². The van der Waals surface area contributed by atoms with Crippen LogP contribution in [0.25, 0.3) is 0 Å². The number of thiazole rings is 1. The number of benzene rings is 1. The van der Waals surface area contributed by atoms with Gasteiger partial charge in [-0.25, -0.2) is 4.98 Å². The quantitative estimate of drug-likeness (QED) is 0.799. The van der Waals surface area contributed by atoms with E-state index in [1.165, 1.54) is 5.56 Å². The van der Waals surface area contributed by atoms with E-state index >= 15 is 0 Å². The van der Waals surface area contributed by atoms with Gasteiger partial charge in [-0.3, -0.25) is 0 Å². The van der Waals surface area contributed by atoms with Crippen LogP contribution < -0.4 is 0 Å². The van der Waals surface area contributed by atoms with Gasteiger partial charge < -0.3 is 0 Å². The fourth-order valence-corrected chi connectivity index (χ4v) is 1.96. The Morgan fingerprint density at radius 2 is 2.00 bits per heavy atom. The standard InChI is InChI=1S/C10H8BrNS/c11-9-3-1-8(2-4-9)5-10-6-13-7-12-10/h1-4,6-7H,5H2. The molecule has 1 aromatic carbocycles. The van der Waals surface area contributed by atoms with Gasteiger partial charge in [0, 0.05) is 16.3 Å². The van der Waals surface area contributed by atoms with Gasteiger partial charge in [-0.15, -0.1) is 11.3 Å². The highest BCUT2D eigenvalue weighted by Crippen LogP contribution is 2.13. The molecule has 0 N–H and O–H groups in total. The van der Waals surface area contributed by atoms with Crippen molar-refractivity contribution in [2.75, 3.05) is 0 Å². The van der Waals surface area contributed by atoms with E-state index in [9.17, 15) is 0 Å². The third-order valence-corrected chi connectivity index (χ3v) is 2.95. The zero-order chi connectivity index (χ0) is 9.10. The molecule has 1 heterocycles. The Hall–Kier alpha value is -0.670. The van der Waals surface area contributed by atoms with Crippen molar-refractivity contribution >= 4 is 27.3 Å². The molecule has 0 fully saturated rings. The van der Waals surface area contributed by atoms with Crippen LogP contribution in [0.5, 0.6) is 0 Å². The number of aromatic nitrogens is 1. The second kappa shape index (κ2) is 4.03. The molecule has 13 heavy (non-hydrogen) atoms. The summed E-state index contributed by atoms with van der Waals surface area (Å²) in [5.74, 6) is 0. The maximum atomic E-state index is 4.24. The number of halogens is 1. The normalized spacial score (nSPS) is 10.2. The van der Waals surface area contributed by atoms with Crippen LogP contribution in [0.3, 0.4) is 0 Å². The molecule has 0 bridgehead atoms. The average molecular weight is 254 g/mol. The minimum Gasteiger partial charge on any atom is -0.249 e. The van der Waals surface area contributed by atoms with E-state index in [4.69, 9.17) is 0 Å². The lowest BCUT2D eigenvalue weighted by Crippen LogP contribution is -1.86. The van der Waals surface area contributed by atoms with Crippen molar-refractivity contribution in [1.29, 1.82) is 0 Å². The first kappa shape index (κ1) is 8.91. The maximum Gasteiger partial charge on any atom is 0.0794 e. The lowest BCUT2D eigenvalue weighted by Gasteiger charge is -1.97. The summed E-state index contributed by atoms with van der Waals surface area (Å²) in [6, 6.07) is 8.34. The first-order valence-corrected chi connectivity index (χ1v) is 5.70. The van der Waals surface area contributed by atoms with E-state index in [-0.39, 0.29) is 0 Å². The Morgan fingerprint density at radius 3 is 2.62 bits per heavy atom. The van der Waals surface area contributed by atoms with Crippen molar-refractivity contribution in [3.63, 3.8) is 0 Å². The lowest BCUT2D eigenvalue weighted by molar-refractivity contribution is 1.11. The van der Waals surface area contributed by atoms with Gasteiger partial charge in [-0.2, -0.15) is 0 Å². The first-order chi connectivity index (χ1) is 6.34. The van der Waals surface area contributed by atoms with Gasteiger partial charge in [0.1, 0.15) is 0 Å². The summed E-state index contributed by atoms with van der Waals surface area (Å²) in [4.78, 5) is 4.24. The van der Waals surface area contributed by atoms with Gasteiger partial charge in [0.05, 0.1) is 11.2 Å². The van der Waals surface area contributed by atoms with E-state index in [1.54, 1.807) is 11.3 Å². The summed E-state index contributed by atoms with van der Waals surface area (Å²) in [5, 5.41) is 2.09. The van der Waals surface area contributed by atoms with E-state index in [2.05, 4.69) is 50.6 Å². The molecule has 0 saturated heterocycles. The van der Waals surface area contributed by atoms with Crippen LogP contribution in [0, 0.1) is 0 Å². The monoisotopic (exact) mass is 253 g/mol. The van der Waals surface area contributed by atoms with Crippen LogP contribution in [0.1, 0.15) is 11.3 Å². The fourth-order valence-electron chi connectivity index (χ4n) is 1.14. The molecule has 2 aromatic rings. The summed E-state index contributed by atoms with van der Waals surface area (Å²) in [6.07, 6.45) is 0.927. The Balaban J connectivity index is 2.15. The summed E-state index contributed by atoms with van der Waals surface area (Å²) in [5.41, 5.74) is 4.31. The minimum atomic E-state index is 0.927. The molecule has 0 unspecified atom stereocenters. The van der Waals surface area contributed by atoms with Crippen LogP contribution >= 0.6 is 27.3 Å². The summed E-state index contributed by atoms with van der Waals surface area (Å²) < 4.78 is 1.12. The second-order valence-electron chi connectivity index (χ2n) is 2.78. The van der Waals surface area contributed by atoms with Gasteiger partial charge in [0.25, 0.3) is 0 Å². The molecule has 2 rings (SSSR count). The third-order valence-electron chi connectivity index (χ3n) is 1.78. The van der Waals surface area contributed by atoms with Crippen molar-refractivity contribution in [2.45, 2.75) is 6.42 Å². The molecule has 66 valence electrons. The fraction of sp³-hybridized carbons (Fsp3) is 0.100. The van der Waals surface area contributed by atoms with E-state index in [1.807, 2.05) is 5.51 Å². The summed E-state index contributed by atoms with van der Waals surface area (Å²) >= 11 is 5.05. The van der Waals surface area contributed by atoms with Crippen LogP contribution in [0.2, 0.25) is 0 Å². The predicted molar refractivity (Wildman–Crippen MR) is 59.1 cm³/mol. The number of rotatable bonds is 2. The minimum absolute atomic E-state index is 0.927. The zero-order valence-electron chi connectivity index (χ0n) is 6.90. The van der Waals surface area contributed by atoms with Crippen LogP contribution in [-0.4, -0.2) is 4.98 Å². The molecule has 0 saturated carbocycles. The molecule has 0 aliphatic heterocycles. The highest BCUT2D eigenvalue weighted by Gasteiger charge is 1.97. The van der Waals surface area contributed by atoms with Crippen molar-refractivity contribution in [3.05, 3.63) is 50.9 Å². The van der Waals surface area contributed by atoms with Gasteiger partial charge >= 0.3 is 0 Å². The smallest absolute Gasteiger partial charge is 0.0794 e. The second-order valence-corrected chi connectivity index (χ2v) is 4.42. The molecule has 0 aliphatic rings. The Bertz CT molecular complexity index is 366. The number of hydrogen-bond donors (Lipinski definition) is 0. The molecule has 1 aromatic heterocycles. The van der Waals surface area contributed by atoms with Crippen LogP contribution in [0.15, 0.2) is 39.6 Å². The SMILES string of the molecule is Brc1ccc(Cc2cscn2)cc1.